The third kappa shape index (κ3) is 3.29. The minimum Gasteiger partial charge on any atom is -0.359 e. The van der Waals surface area contributed by atoms with Gasteiger partial charge in [0.1, 0.15) is 0 Å². The molecule has 0 bridgehead atoms. The van der Waals surface area contributed by atoms with Crippen LogP contribution >= 0.6 is 22.7 Å². The van der Waals surface area contributed by atoms with E-state index in [1.165, 1.54) is 0 Å². The molecular weight excluding hydrogens is 292 g/mol. The number of amides is 2. The Labute approximate surface area is 125 Å². The van der Waals surface area contributed by atoms with E-state index < -0.39 is 0 Å². The fourth-order valence-electron chi connectivity index (χ4n) is 2.23. The van der Waals surface area contributed by atoms with E-state index in [-0.39, 0.29) is 6.03 Å². The summed E-state index contributed by atoms with van der Waals surface area (Å²) in [5, 5.41) is 13.2. The van der Waals surface area contributed by atoms with Crippen LogP contribution in [0, 0.1) is 0 Å². The molecule has 7 heteroatoms. The zero-order valence-electron chi connectivity index (χ0n) is 10.9. The number of urea groups is 1. The van der Waals surface area contributed by atoms with E-state index in [4.69, 9.17) is 0 Å². The average Bonchev–Trinajstić information content (AvgIpc) is 3.13. The van der Waals surface area contributed by atoms with E-state index in [9.17, 15) is 4.79 Å². The van der Waals surface area contributed by atoms with Crippen molar-refractivity contribution in [1.82, 2.24) is 9.88 Å². The Morgan fingerprint density at radius 3 is 2.85 bits per heavy atom. The second-order valence-electron chi connectivity index (χ2n) is 4.69. The molecule has 0 atom stereocenters. The SMILES string of the molecule is O=C(Nc1ccsc1)N1CCC(Nc2nccs2)CC1. The highest BCUT2D eigenvalue weighted by atomic mass is 32.1. The highest BCUT2D eigenvalue weighted by Crippen LogP contribution is 2.19. The molecule has 2 aromatic rings. The summed E-state index contributed by atoms with van der Waals surface area (Å²) in [6, 6.07) is 2.32. The number of aromatic nitrogens is 1. The van der Waals surface area contributed by atoms with Crippen molar-refractivity contribution in [1.29, 1.82) is 0 Å². The fraction of sp³-hybridized carbons (Fsp3) is 0.385. The minimum absolute atomic E-state index is 0.00361. The molecule has 0 radical (unpaired) electrons. The number of anilines is 2. The van der Waals surface area contributed by atoms with Crippen molar-refractivity contribution in [2.45, 2.75) is 18.9 Å². The van der Waals surface area contributed by atoms with Crippen LogP contribution < -0.4 is 10.6 Å². The Morgan fingerprint density at radius 1 is 1.35 bits per heavy atom. The van der Waals surface area contributed by atoms with Gasteiger partial charge < -0.3 is 15.5 Å². The smallest absolute Gasteiger partial charge is 0.321 e. The Bertz CT molecular complexity index is 533. The average molecular weight is 308 g/mol. The molecule has 20 heavy (non-hydrogen) atoms. The molecule has 1 aliphatic rings. The molecule has 1 aliphatic heterocycles. The van der Waals surface area contributed by atoms with E-state index in [1.54, 1.807) is 28.9 Å². The molecule has 0 aliphatic carbocycles. The predicted octanol–water partition coefficient (Wildman–Crippen LogP) is 3.31. The van der Waals surface area contributed by atoms with Crippen LogP contribution in [-0.2, 0) is 0 Å². The molecule has 2 amide bonds. The van der Waals surface area contributed by atoms with Gasteiger partial charge in [-0.05, 0) is 24.3 Å². The second-order valence-corrected chi connectivity index (χ2v) is 6.36. The quantitative estimate of drug-likeness (QED) is 0.914. The standard InChI is InChI=1S/C13H16N4OS2/c18-13(16-11-3-7-19-9-11)17-5-1-10(2-6-17)15-12-14-4-8-20-12/h3-4,7-10H,1-2,5-6H2,(H,14,15)(H,16,18). The maximum Gasteiger partial charge on any atom is 0.321 e. The van der Waals surface area contributed by atoms with Crippen molar-refractivity contribution in [3.63, 3.8) is 0 Å². The molecule has 1 fully saturated rings. The first kappa shape index (κ1) is 13.4. The normalized spacial score (nSPS) is 16.1. The maximum atomic E-state index is 12.1. The Balaban J connectivity index is 1.47. The highest BCUT2D eigenvalue weighted by Gasteiger charge is 2.23. The van der Waals surface area contributed by atoms with Gasteiger partial charge in [-0.1, -0.05) is 0 Å². The molecule has 1 saturated heterocycles. The summed E-state index contributed by atoms with van der Waals surface area (Å²) in [5.41, 5.74) is 0.878. The van der Waals surface area contributed by atoms with Crippen LogP contribution in [0.4, 0.5) is 15.6 Å². The van der Waals surface area contributed by atoms with E-state index >= 15 is 0 Å². The Kier molecular flexibility index (Phi) is 4.17. The third-order valence-corrected chi connectivity index (χ3v) is 4.70. The van der Waals surface area contributed by atoms with Crippen LogP contribution in [0.1, 0.15) is 12.8 Å². The van der Waals surface area contributed by atoms with Gasteiger partial charge in [0.2, 0.25) is 0 Å². The summed E-state index contributed by atoms with van der Waals surface area (Å²) in [6.07, 6.45) is 3.71. The van der Waals surface area contributed by atoms with Gasteiger partial charge in [0, 0.05) is 36.1 Å². The van der Waals surface area contributed by atoms with Crippen molar-refractivity contribution >= 4 is 39.5 Å². The van der Waals surface area contributed by atoms with Crippen molar-refractivity contribution in [2.24, 2.45) is 0 Å². The molecule has 0 spiro atoms. The van der Waals surface area contributed by atoms with Gasteiger partial charge in [0.05, 0.1) is 5.69 Å². The number of nitrogens with zero attached hydrogens (tertiary/aromatic N) is 2. The van der Waals surface area contributed by atoms with Crippen LogP contribution in [0.5, 0.6) is 0 Å². The van der Waals surface area contributed by atoms with Gasteiger partial charge in [0.15, 0.2) is 5.13 Å². The number of hydrogen-bond acceptors (Lipinski definition) is 5. The molecule has 0 saturated carbocycles. The summed E-state index contributed by atoms with van der Waals surface area (Å²) in [7, 11) is 0. The number of rotatable bonds is 3. The minimum atomic E-state index is -0.00361. The third-order valence-electron chi connectivity index (χ3n) is 3.31. The molecule has 0 unspecified atom stereocenters. The number of carbonyl (C=O) groups is 1. The van der Waals surface area contributed by atoms with Crippen LogP contribution in [0.2, 0.25) is 0 Å². The molecule has 3 heterocycles. The summed E-state index contributed by atoms with van der Waals surface area (Å²) in [5.74, 6) is 0. The van der Waals surface area contributed by atoms with Crippen LogP contribution in [0.3, 0.4) is 0 Å². The summed E-state index contributed by atoms with van der Waals surface area (Å²) >= 11 is 3.19. The lowest BCUT2D eigenvalue weighted by atomic mass is 10.1. The number of nitrogens with one attached hydrogen (secondary N) is 2. The van der Waals surface area contributed by atoms with Gasteiger partial charge in [0.25, 0.3) is 0 Å². The second kappa shape index (κ2) is 6.23. The molecule has 2 N–H and O–H groups in total. The van der Waals surface area contributed by atoms with Crippen molar-refractivity contribution in [3.05, 3.63) is 28.4 Å². The van der Waals surface area contributed by atoms with Gasteiger partial charge >= 0.3 is 6.03 Å². The fourth-order valence-corrected chi connectivity index (χ4v) is 3.43. The van der Waals surface area contributed by atoms with E-state index in [1.807, 2.05) is 27.1 Å². The molecule has 3 rings (SSSR count). The lowest BCUT2D eigenvalue weighted by Crippen LogP contribution is -2.44. The summed E-state index contributed by atoms with van der Waals surface area (Å²) in [4.78, 5) is 18.2. The molecule has 5 nitrogen and oxygen atoms in total. The van der Waals surface area contributed by atoms with Crippen molar-refractivity contribution < 1.29 is 4.79 Å². The number of likely N-dealkylation sites (tertiary alicyclic amines) is 1. The zero-order chi connectivity index (χ0) is 13.8. The first-order valence-corrected chi connectivity index (χ1v) is 8.37. The number of thiophene rings is 1. The lowest BCUT2D eigenvalue weighted by Gasteiger charge is -2.32. The van der Waals surface area contributed by atoms with Gasteiger partial charge in [-0.15, -0.1) is 11.3 Å². The largest absolute Gasteiger partial charge is 0.359 e. The Hall–Kier alpha value is -1.60. The zero-order valence-corrected chi connectivity index (χ0v) is 12.5. The first-order chi connectivity index (χ1) is 9.81. The maximum absolute atomic E-state index is 12.1. The van der Waals surface area contributed by atoms with Crippen molar-refractivity contribution in [2.75, 3.05) is 23.7 Å². The van der Waals surface area contributed by atoms with E-state index in [0.29, 0.717) is 6.04 Å². The van der Waals surface area contributed by atoms with Gasteiger partial charge in [-0.25, -0.2) is 9.78 Å². The monoisotopic (exact) mass is 308 g/mol. The molecule has 2 aromatic heterocycles. The summed E-state index contributed by atoms with van der Waals surface area (Å²) < 4.78 is 0. The predicted molar refractivity (Wildman–Crippen MR) is 83.7 cm³/mol. The number of carbonyl (C=O) groups excluding carboxylic acids is 1. The molecule has 106 valence electrons. The van der Waals surface area contributed by atoms with E-state index in [0.717, 1.165) is 36.8 Å². The van der Waals surface area contributed by atoms with Gasteiger partial charge in [-0.3, -0.25) is 0 Å². The van der Waals surface area contributed by atoms with Gasteiger partial charge in [-0.2, -0.15) is 11.3 Å². The number of piperidine rings is 1. The number of hydrogen-bond donors (Lipinski definition) is 2. The molecule has 0 aromatic carbocycles. The van der Waals surface area contributed by atoms with Crippen molar-refractivity contribution in [3.8, 4) is 0 Å². The first-order valence-electron chi connectivity index (χ1n) is 6.55. The lowest BCUT2D eigenvalue weighted by molar-refractivity contribution is 0.197. The topological polar surface area (TPSA) is 57.3 Å². The van der Waals surface area contributed by atoms with Crippen LogP contribution in [0.25, 0.3) is 0 Å². The number of thiazole rings is 1. The molecular formula is C13H16N4OS2. The summed E-state index contributed by atoms with van der Waals surface area (Å²) in [6.45, 7) is 1.55. The Morgan fingerprint density at radius 2 is 2.20 bits per heavy atom. The van der Waals surface area contributed by atoms with Crippen LogP contribution in [0.15, 0.2) is 28.4 Å². The van der Waals surface area contributed by atoms with E-state index in [2.05, 4.69) is 15.6 Å². The van der Waals surface area contributed by atoms with Crippen LogP contribution in [-0.4, -0.2) is 35.0 Å². The highest BCUT2D eigenvalue weighted by molar-refractivity contribution is 7.13.